The maximum atomic E-state index is 5.97. The van der Waals surface area contributed by atoms with Crippen molar-refractivity contribution in [2.24, 2.45) is 11.8 Å². The van der Waals surface area contributed by atoms with Crippen LogP contribution in [0.5, 0.6) is 0 Å². The summed E-state index contributed by atoms with van der Waals surface area (Å²) in [6, 6.07) is 0. The average molecular weight is 194 g/mol. The summed E-state index contributed by atoms with van der Waals surface area (Å²) in [4.78, 5) is 0. The summed E-state index contributed by atoms with van der Waals surface area (Å²) >= 11 is 0. The molecule has 2 nitrogen and oxygen atoms in total. The molecule has 3 aliphatic rings. The van der Waals surface area contributed by atoms with Crippen LogP contribution in [0.1, 0.15) is 33.1 Å². The number of rotatable bonds is 0. The van der Waals surface area contributed by atoms with Gasteiger partial charge in [-0.1, -0.05) is 12.2 Å². The first kappa shape index (κ1) is 8.93. The van der Waals surface area contributed by atoms with Crippen molar-refractivity contribution in [3.63, 3.8) is 0 Å². The molecule has 4 atom stereocenters. The van der Waals surface area contributed by atoms with E-state index in [4.69, 9.17) is 9.47 Å². The van der Waals surface area contributed by atoms with Gasteiger partial charge in [-0.15, -0.1) is 0 Å². The van der Waals surface area contributed by atoms with Gasteiger partial charge < -0.3 is 9.47 Å². The highest BCUT2D eigenvalue weighted by molar-refractivity contribution is 5.18. The van der Waals surface area contributed by atoms with Gasteiger partial charge in [0.15, 0.2) is 5.79 Å². The maximum absolute atomic E-state index is 5.97. The fourth-order valence-corrected chi connectivity index (χ4v) is 3.46. The molecule has 0 spiro atoms. The highest BCUT2D eigenvalue weighted by Crippen LogP contribution is 2.53. The third-order valence-corrected chi connectivity index (χ3v) is 3.93. The van der Waals surface area contributed by atoms with Crippen LogP contribution in [0.4, 0.5) is 0 Å². The highest BCUT2D eigenvalue weighted by Gasteiger charge is 2.55. The molecule has 14 heavy (non-hydrogen) atoms. The molecule has 0 radical (unpaired) electrons. The minimum Gasteiger partial charge on any atom is -0.345 e. The van der Waals surface area contributed by atoms with Crippen molar-refractivity contribution < 1.29 is 9.47 Å². The molecule has 2 saturated carbocycles. The van der Waals surface area contributed by atoms with E-state index in [2.05, 4.69) is 6.58 Å². The third-order valence-electron chi connectivity index (χ3n) is 3.93. The molecule has 0 N–H and O–H groups in total. The van der Waals surface area contributed by atoms with E-state index in [0.717, 1.165) is 5.92 Å². The van der Waals surface area contributed by atoms with Gasteiger partial charge in [0.25, 0.3) is 0 Å². The Morgan fingerprint density at radius 3 is 2.93 bits per heavy atom. The Kier molecular flexibility index (Phi) is 1.67. The zero-order chi connectivity index (χ0) is 9.92. The Bertz CT molecular complexity index is 282. The molecule has 0 bridgehead atoms. The number of hydrogen-bond donors (Lipinski definition) is 0. The molecule has 0 unspecified atom stereocenters. The minimum absolute atomic E-state index is 0.296. The second-order valence-corrected chi connectivity index (χ2v) is 5.36. The lowest BCUT2D eigenvalue weighted by atomic mass is 9.96. The molecule has 1 saturated heterocycles. The summed E-state index contributed by atoms with van der Waals surface area (Å²) < 4.78 is 11.9. The van der Waals surface area contributed by atoms with Crippen LogP contribution in [0.2, 0.25) is 0 Å². The van der Waals surface area contributed by atoms with Gasteiger partial charge in [0.2, 0.25) is 0 Å². The van der Waals surface area contributed by atoms with Crippen molar-refractivity contribution in [1.29, 1.82) is 0 Å². The quantitative estimate of drug-likeness (QED) is 0.552. The van der Waals surface area contributed by atoms with Gasteiger partial charge in [0.05, 0.1) is 12.2 Å². The Balaban J connectivity index is 1.86. The van der Waals surface area contributed by atoms with E-state index in [9.17, 15) is 0 Å². The van der Waals surface area contributed by atoms with Crippen LogP contribution < -0.4 is 0 Å². The predicted molar refractivity (Wildman–Crippen MR) is 53.8 cm³/mol. The first-order chi connectivity index (χ1) is 6.57. The van der Waals surface area contributed by atoms with Crippen LogP contribution in [0.15, 0.2) is 12.2 Å². The molecule has 1 aliphatic heterocycles. The topological polar surface area (TPSA) is 18.5 Å². The Morgan fingerprint density at radius 2 is 2.14 bits per heavy atom. The Morgan fingerprint density at radius 1 is 1.36 bits per heavy atom. The van der Waals surface area contributed by atoms with E-state index in [1.54, 1.807) is 0 Å². The fraction of sp³-hybridized carbons (Fsp3) is 0.833. The van der Waals surface area contributed by atoms with Gasteiger partial charge >= 0.3 is 0 Å². The van der Waals surface area contributed by atoms with Crippen molar-refractivity contribution in [2.75, 3.05) is 0 Å². The predicted octanol–water partition coefficient (Wildman–Crippen LogP) is 2.49. The molecule has 1 heterocycles. The molecular weight excluding hydrogens is 176 g/mol. The van der Waals surface area contributed by atoms with Gasteiger partial charge in [0, 0.05) is 5.92 Å². The standard InChI is InChI=1S/C12H18O2/c1-7-4-5-8-6-9-11(10(7)8)14-12(2,3)13-9/h8-11H,1,4-6H2,2-3H3/t8-,9-,10-,11-/m1/s1. The van der Waals surface area contributed by atoms with E-state index in [-0.39, 0.29) is 5.79 Å². The molecule has 3 rings (SSSR count). The monoisotopic (exact) mass is 194 g/mol. The van der Waals surface area contributed by atoms with Gasteiger partial charge in [-0.25, -0.2) is 0 Å². The molecule has 0 aromatic heterocycles. The zero-order valence-electron chi connectivity index (χ0n) is 8.95. The SMILES string of the molecule is C=C1CC[C@@H]2C[C@H]3OC(C)(C)O[C@H]3[C@H]12. The van der Waals surface area contributed by atoms with Gasteiger partial charge in [-0.3, -0.25) is 0 Å². The molecule has 3 fully saturated rings. The van der Waals surface area contributed by atoms with Gasteiger partial charge in [-0.05, 0) is 39.0 Å². The Hall–Kier alpha value is -0.340. The first-order valence-electron chi connectivity index (χ1n) is 5.60. The van der Waals surface area contributed by atoms with Crippen molar-refractivity contribution in [3.05, 3.63) is 12.2 Å². The van der Waals surface area contributed by atoms with E-state index in [1.165, 1.54) is 24.8 Å². The van der Waals surface area contributed by atoms with E-state index >= 15 is 0 Å². The lowest BCUT2D eigenvalue weighted by Gasteiger charge is -2.22. The average Bonchev–Trinajstić information content (AvgIpc) is 2.61. The lowest BCUT2D eigenvalue weighted by molar-refractivity contribution is -0.157. The van der Waals surface area contributed by atoms with E-state index in [1.807, 2.05) is 13.8 Å². The van der Waals surface area contributed by atoms with Crippen molar-refractivity contribution >= 4 is 0 Å². The van der Waals surface area contributed by atoms with Crippen LogP contribution in [-0.2, 0) is 9.47 Å². The van der Waals surface area contributed by atoms with Gasteiger partial charge in [-0.2, -0.15) is 0 Å². The molecule has 78 valence electrons. The van der Waals surface area contributed by atoms with Gasteiger partial charge in [0.1, 0.15) is 0 Å². The summed E-state index contributed by atoms with van der Waals surface area (Å²) in [5.41, 5.74) is 1.39. The number of hydrogen-bond acceptors (Lipinski definition) is 2. The zero-order valence-corrected chi connectivity index (χ0v) is 8.95. The molecule has 2 aliphatic carbocycles. The summed E-state index contributed by atoms with van der Waals surface area (Å²) in [6.07, 6.45) is 4.30. The van der Waals surface area contributed by atoms with E-state index < -0.39 is 0 Å². The molecule has 0 amide bonds. The molecular formula is C12H18O2. The van der Waals surface area contributed by atoms with Crippen LogP contribution in [-0.4, -0.2) is 18.0 Å². The molecule has 0 aromatic rings. The smallest absolute Gasteiger partial charge is 0.163 e. The Labute approximate surface area is 85.3 Å². The highest BCUT2D eigenvalue weighted by atomic mass is 16.8. The summed E-state index contributed by atoms with van der Waals surface area (Å²) in [6.45, 7) is 8.19. The largest absolute Gasteiger partial charge is 0.345 e. The summed E-state index contributed by atoms with van der Waals surface area (Å²) in [5, 5.41) is 0. The second-order valence-electron chi connectivity index (χ2n) is 5.36. The van der Waals surface area contributed by atoms with Crippen LogP contribution in [0, 0.1) is 11.8 Å². The fourth-order valence-electron chi connectivity index (χ4n) is 3.46. The second kappa shape index (κ2) is 2.61. The number of ether oxygens (including phenoxy) is 2. The maximum Gasteiger partial charge on any atom is 0.163 e. The van der Waals surface area contributed by atoms with Crippen molar-refractivity contribution in [2.45, 2.75) is 51.1 Å². The molecule has 2 heteroatoms. The van der Waals surface area contributed by atoms with Crippen LogP contribution in [0.25, 0.3) is 0 Å². The number of fused-ring (bicyclic) bond motifs is 3. The lowest BCUT2D eigenvalue weighted by Crippen LogP contribution is -2.26. The summed E-state index contributed by atoms with van der Waals surface area (Å²) in [5.74, 6) is 0.999. The third kappa shape index (κ3) is 1.10. The molecule has 0 aromatic carbocycles. The van der Waals surface area contributed by atoms with E-state index in [0.29, 0.717) is 18.1 Å². The normalized spacial score (nSPS) is 49.4. The van der Waals surface area contributed by atoms with Crippen molar-refractivity contribution in [1.82, 2.24) is 0 Å². The van der Waals surface area contributed by atoms with Crippen LogP contribution >= 0.6 is 0 Å². The first-order valence-corrected chi connectivity index (χ1v) is 5.60. The summed E-state index contributed by atoms with van der Waals surface area (Å²) in [7, 11) is 0. The van der Waals surface area contributed by atoms with Crippen LogP contribution in [0.3, 0.4) is 0 Å². The minimum atomic E-state index is -0.372. The van der Waals surface area contributed by atoms with Crippen molar-refractivity contribution in [3.8, 4) is 0 Å².